The van der Waals surface area contributed by atoms with Crippen molar-refractivity contribution in [2.24, 2.45) is 0 Å². The molecule has 0 heterocycles. The van der Waals surface area contributed by atoms with Crippen LogP contribution >= 0.6 is 0 Å². The molecule has 0 aromatic carbocycles. The van der Waals surface area contributed by atoms with E-state index in [2.05, 4.69) is 5.32 Å². The quantitative estimate of drug-likeness (QED) is 0.616. The van der Waals surface area contributed by atoms with Crippen molar-refractivity contribution in [3.63, 3.8) is 0 Å². The van der Waals surface area contributed by atoms with Gasteiger partial charge in [0.05, 0.1) is 0 Å². The molecule has 3 nitrogen and oxygen atoms in total. The number of alkyl carbamates (subject to hydrolysis) is 1. The lowest BCUT2D eigenvalue weighted by Gasteiger charge is -2.19. The Bertz CT molecular complexity index is 172. The van der Waals surface area contributed by atoms with Crippen molar-refractivity contribution in [3.8, 4) is 0 Å². The molecule has 4 heteroatoms. The van der Waals surface area contributed by atoms with Gasteiger partial charge in [-0.05, 0) is 20.8 Å². The van der Waals surface area contributed by atoms with Gasteiger partial charge in [-0.3, -0.25) is 0 Å². The summed E-state index contributed by atoms with van der Waals surface area (Å²) in [6, 6.07) is 0. The summed E-state index contributed by atoms with van der Waals surface area (Å²) in [5.41, 5.74) is -0.417. The van der Waals surface area contributed by atoms with Crippen LogP contribution in [0.1, 0.15) is 20.8 Å². The highest BCUT2D eigenvalue weighted by molar-refractivity contribution is 6.16. The third-order valence-electron chi connectivity index (χ3n) is 0.999. The zero-order chi connectivity index (χ0) is 9.61. The maximum atomic E-state index is 11.0. The van der Waals surface area contributed by atoms with Gasteiger partial charge in [0.25, 0.3) is 0 Å². The molecule has 0 aromatic rings. The van der Waals surface area contributed by atoms with Crippen molar-refractivity contribution < 1.29 is 9.53 Å². The van der Waals surface area contributed by atoms with Gasteiger partial charge in [-0.2, -0.15) is 0 Å². The molecule has 0 aliphatic carbocycles. The molecule has 0 saturated heterocycles. The molecule has 1 amide bonds. The summed E-state index contributed by atoms with van der Waals surface area (Å²) in [7, 11) is 1.90. The molecular formula is C8H16BNO2. The Labute approximate surface area is 74.6 Å². The summed E-state index contributed by atoms with van der Waals surface area (Å²) in [5, 5.41) is 2.59. The van der Waals surface area contributed by atoms with E-state index in [0.29, 0.717) is 6.54 Å². The Morgan fingerprint density at radius 3 is 2.58 bits per heavy atom. The van der Waals surface area contributed by atoms with E-state index < -0.39 is 5.60 Å². The lowest BCUT2D eigenvalue weighted by molar-refractivity contribution is 0.0534. The van der Waals surface area contributed by atoms with E-state index in [1.807, 2.05) is 40.7 Å². The number of hydrogen-bond donors (Lipinski definition) is 1. The van der Waals surface area contributed by atoms with Crippen LogP contribution in [0.5, 0.6) is 0 Å². The molecular weight excluding hydrogens is 153 g/mol. The molecule has 68 valence electrons. The van der Waals surface area contributed by atoms with E-state index in [4.69, 9.17) is 4.74 Å². The topological polar surface area (TPSA) is 38.3 Å². The minimum atomic E-state index is -0.417. The first-order chi connectivity index (χ1) is 5.45. The van der Waals surface area contributed by atoms with Crippen LogP contribution in [0.3, 0.4) is 0 Å². The normalized spacial score (nSPS) is 11.6. The number of rotatable bonds is 2. The van der Waals surface area contributed by atoms with E-state index in [1.165, 1.54) is 0 Å². The minimum absolute atomic E-state index is 0.374. The average molecular weight is 169 g/mol. The maximum Gasteiger partial charge on any atom is 0.407 e. The van der Waals surface area contributed by atoms with Gasteiger partial charge in [0.15, 0.2) is 0 Å². The number of carbonyl (C=O) groups is 1. The Balaban J connectivity index is 3.61. The fourth-order valence-electron chi connectivity index (χ4n) is 0.574. The van der Waals surface area contributed by atoms with Gasteiger partial charge in [0.1, 0.15) is 13.4 Å². The average Bonchev–Trinajstić information content (AvgIpc) is 1.84. The summed E-state index contributed by atoms with van der Waals surface area (Å²) < 4.78 is 5.00. The molecule has 0 rings (SSSR count). The Kier molecular flexibility index (Phi) is 4.48. The largest absolute Gasteiger partial charge is 0.444 e. The molecule has 0 aliphatic heterocycles. The minimum Gasteiger partial charge on any atom is -0.444 e. The number of hydrogen-bond acceptors (Lipinski definition) is 2. The van der Waals surface area contributed by atoms with Crippen molar-refractivity contribution in [3.05, 3.63) is 12.1 Å². The first-order valence-corrected chi connectivity index (χ1v) is 4.03. The molecule has 0 aromatic heterocycles. The van der Waals surface area contributed by atoms with Crippen LogP contribution in [0, 0.1) is 0 Å². The molecule has 0 radical (unpaired) electrons. The highest BCUT2D eigenvalue weighted by Gasteiger charge is 2.14. The molecule has 0 spiro atoms. The third kappa shape index (κ3) is 7.19. The summed E-state index contributed by atoms with van der Waals surface area (Å²) in [4.78, 5) is 11.0. The summed E-state index contributed by atoms with van der Waals surface area (Å²) in [6.07, 6.45) is 1.48. The van der Waals surface area contributed by atoms with Crippen molar-refractivity contribution in [1.29, 1.82) is 0 Å². The summed E-state index contributed by atoms with van der Waals surface area (Å²) in [5.74, 6) is 1.87. The molecule has 0 saturated carbocycles. The van der Waals surface area contributed by atoms with Crippen LogP contribution in [-0.2, 0) is 4.74 Å². The lowest BCUT2D eigenvalue weighted by atomic mass is 10.1. The van der Waals surface area contributed by atoms with Gasteiger partial charge in [0.2, 0.25) is 0 Å². The standard InChI is InChI=1S/C8H16BNO2/c1-8(2,3)12-7(11)10-6-4-5-9/h4-5H,6,9H2,1-3H3,(H,10,11)/b5-4+. The molecule has 0 unspecified atom stereocenters. The Morgan fingerprint density at radius 2 is 2.17 bits per heavy atom. The van der Waals surface area contributed by atoms with E-state index in [1.54, 1.807) is 0 Å². The predicted octanol–water partition coefficient (Wildman–Crippen LogP) is 0.658. The highest BCUT2D eigenvalue weighted by Crippen LogP contribution is 2.05. The second-order valence-corrected chi connectivity index (χ2v) is 3.45. The monoisotopic (exact) mass is 169 g/mol. The third-order valence-corrected chi connectivity index (χ3v) is 0.999. The van der Waals surface area contributed by atoms with E-state index in [0.717, 1.165) is 0 Å². The molecule has 0 atom stereocenters. The van der Waals surface area contributed by atoms with Crippen LogP contribution in [0.2, 0.25) is 0 Å². The molecule has 12 heavy (non-hydrogen) atoms. The van der Waals surface area contributed by atoms with Crippen molar-refractivity contribution in [2.45, 2.75) is 26.4 Å². The molecule has 1 N–H and O–H groups in total. The van der Waals surface area contributed by atoms with Crippen LogP contribution in [0.25, 0.3) is 0 Å². The smallest absolute Gasteiger partial charge is 0.407 e. The van der Waals surface area contributed by atoms with Gasteiger partial charge in [-0.15, -0.1) is 5.98 Å². The van der Waals surface area contributed by atoms with Crippen molar-refractivity contribution >= 4 is 13.9 Å². The SMILES string of the molecule is B/C=C/CNC(=O)OC(C)(C)C. The van der Waals surface area contributed by atoms with E-state index in [-0.39, 0.29) is 6.09 Å². The number of ether oxygens (including phenoxy) is 1. The van der Waals surface area contributed by atoms with Gasteiger partial charge < -0.3 is 10.1 Å². The van der Waals surface area contributed by atoms with E-state index in [9.17, 15) is 4.79 Å². The van der Waals surface area contributed by atoms with Crippen LogP contribution in [0.15, 0.2) is 12.1 Å². The van der Waals surface area contributed by atoms with E-state index >= 15 is 0 Å². The van der Waals surface area contributed by atoms with Gasteiger partial charge in [0, 0.05) is 6.54 Å². The summed E-state index contributed by atoms with van der Waals surface area (Å²) in [6.45, 7) is 6.03. The lowest BCUT2D eigenvalue weighted by Crippen LogP contribution is -2.32. The first-order valence-electron chi connectivity index (χ1n) is 4.03. The Hall–Kier alpha value is -0.925. The van der Waals surface area contributed by atoms with Gasteiger partial charge >= 0.3 is 6.09 Å². The summed E-state index contributed by atoms with van der Waals surface area (Å²) >= 11 is 0. The van der Waals surface area contributed by atoms with Crippen molar-refractivity contribution in [1.82, 2.24) is 5.32 Å². The molecule has 0 fully saturated rings. The number of amides is 1. The number of carbonyl (C=O) groups excluding carboxylic acids is 1. The van der Waals surface area contributed by atoms with Gasteiger partial charge in [-0.1, -0.05) is 6.08 Å². The first kappa shape index (κ1) is 11.1. The predicted molar refractivity (Wildman–Crippen MR) is 51.9 cm³/mol. The number of nitrogens with one attached hydrogen (secondary N) is 1. The maximum absolute atomic E-state index is 11.0. The van der Waals surface area contributed by atoms with Crippen LogP contribution in [-0.4, -0.2) is 26.1 Å². The van der Waals surface area contributed by atoms with Gasteiger partial charge in [-0.25, -0.2) is 4.79 Å². The Morgan fingerprint density at radius 1 is 1.58 bits per heavy atom. The fraction of sp³-hybridized carbons (Fsp3) is 0.625. The fourth-order valence-corrected chi connectivity index (χ4v) is 0.574. The molecule has 0 bridgehead atoms. The zero-order valence-corrected chi connectivity index (χ0v) is 8.18. The zero-order valence-electron chi connectivity index (χ0n) is 8.18. The second kappa shape index (κ2) is 4.85. The second-order valence-electron chi connectivity index (χ2n) is 3.45. The van der Waals surface area contributed by atoms with Crippen LogP contribution < -0.4 is 5.32 Å². The highest BCUT2D eigenvalue weighted by atomic mass is 16.6. The van der Waals surface area contributed by atoms with Crippen LogP contribution in [0.4, 0.5) is 4.79 Å². The molecule has 0 aliphatic rings. The van der Waals surface area contributed by atoms with Crippen molar-refractivity contribution in [2.75, 3.05) is 6.54 Å².